The third kappa shape index (κ3) is 6.19. The van der Waals surface area contributed by atoms with Crippen molar-refractivity contribution in [3.8, 4) is 0 Å². The second-order valence-electron chi connectivity index (χ2n) is 4.86. The van der Waals surface area contributed by atoms with Crippen LogP contribution in [0.15, 0.2) is 18.2 Å². The largest absolute Gasteiger partial charge is 0.395 e. The molecule has 0 saturated heterocycles. The summed E-state index contributed by atoms with van der Waals surface area (Å²) in [5.41, 5.74) is 1.92. The highest BCUT2D eigenvalue weighted by Gasteiger charge is 2.11. The summed E-state index contributed by atoms with van der Waals surface area (Å²) >= 11 is 2.25. The lowest BCUT2D eigenvalue weighted by atomic mass is 10.2. The van der Waals surface area contributed by atoms with Gasteiger partial charge in [0.2, 0.25) is 5.91 Å². The second-order valence-corrected chi connectivity index (χ2v) is 6.11. The summed E-state index contributed by atoms with van der Waals surface area (Å²) in [6.07, 6.45) is 2.12. The lowest BCUT2D eigenvalue weighted by Crippen LogP contribution is -2.36. The summed E-state index contributed by atoms with van der Waals surface area (Å²) in [6, 6.07) is 5.95. The quantitative estimate of drug-likeness (QED) is 0.672. The molecule has 0 aliphatic carbocycles. The molecule has 0 radical (unpaired) electrons. The Morgan fingerprint density at radius 3 is 2.75 bits per heavy atom. The molecule has 1 aromatic carbocycles. The molecular weight excluding hydrogens is 367 g/mol. The Hall–Kier alpha value is -0.660. The molecule has 0 heterocycles. The average molecular weight is 390 g/mol. The number of anilines is 1. The van der Waals surface area contributed by atoms with Crippen LogP contribution < -0.4 is 5.32 Å². The molecule has 0 aliphatic heterocycles. The summed E-state index contributed by atoms with van der Waals surface area (Å²) in [5.74, 6) is -0.0288. The number of nitrogens with zero attached hydrogens (tertiary/aromatic N) is 1. The van der Waals surface area contributed by atoms with Crippen molar-refractivity contribution in [1.82, 2.24) is 4.90 Å². The van der Waals surface area contributed by atoms with Crippen LogP contribution in [0.1, 0.15) is 25.3 Å². The summed E-state index contributed by atoms with van der Waals surface area (Å²) in [4.78, 5) is 14.0. The number of carbonyl (C=O) groups is 1. The first-order valence-electron chi connectivity index (χ1n) is 6.96. The fraction of sp³-hybridized carbons (Fsp3) is 0.533. The first-order valence-corrected chi connectivity index (χ1v) is 8.04. The summed E-state index contributed by atoms with van der Waals surface area (Å²) in [7, 11) is 0. The van der Waals surface area contributed by atoms with Gasteiger partial charge in [0.05, 0.1) is 13.2 Å². The van der Waals surface area contributed by atoms with Crippen molar-refractivity contribution in [1.29, 1.82) is 0 Å². The third-order valence-corrected chi connectivity index (χ3v) is 3.74. The molecule has 1 aromatic rings. The van der Waals surface area contributed by atoms with Gasteiger partial charge >= 0.3 is 0 Å². The number of carbonyl (C=O) groups excluding carboxylic acids is 1. The molecule has 0 aromatic heterocycles. The Kier molecular flexibility index (Phi) is 8.09. The van der Waals surface area contributed by atoms with Crippen LogP contribution in [0.3, 0.4) is 0 Å². The van der Waals surface area contributed by atoms with Crippen molar-refractivity contribution in [3.05, 3.63) is 27.3 Å². The van der Waals surface area contributed by atoms with E-state index >= 15 is 0 Å². The Morgan fingerprint density at radius 2 is 2.15 bits per heavy atom. The predicted octanol–water partition coefficient (Wildman–Crippen LogP) is 2.63. The van der Waals surface area contributed by atoms with Gasteiger partial charge in [0.1, 0.15) is 0 Å². The standard InChI is InChI=1S/C15H23IN2O2/c1-3-4-7-18(8-9-19)11-15(20)17-14-6-5-13(16)10-12(14)2/h5-6,10,19H,3-4,7-9,11H2,1-2H3,(H,17,20). The smallest absolute Gasteiger partial charge is 0.238 e. The fourth-order valence-corrected chi connectivity index (χ4v) is 2.60. The molecule has 112 valence electrons. The van der Waals surface area contributed by atoms with Crippen molar-refractivity contribution in [3.63, 3.8) is 0 Å². The van der Waals surface area contributed by atoms with E-state index in [1.807, 2.05) is 30.0 Å². The minimum atomic E-state index is -0.0288. The molecule has 1 amide bonds. The third-order valence-electron chi connectivity index (χ3n) is 3.07. The van der Waals surface area contributed by atoms with Crippen LogP contribution in [-0.2, 0) is 4.79 Å². The molecule has 0 fully saturated rings. The van der Waals surface area contributed by atoms with E-state index in [2.05, 4.69) is 34.8 Å². The van der Waals surface area contributed by atoms with E-state index in [-0.39, 0.29) is 12.5 Å². The van der Waals surface area contributed by atoms with Crippen LogP contribution in [0.25, 0.3) is 0 Å². The highest BCUT2D eigenvalue weighted by molar-refractivity contribution is 14.1. The van der Waals surface area contributed by atoms with Gasteiger partial charge in [-0.3, -0.25) is 9.69 Å². The zero-order valence-electron chi connectivity index (χ0n) is 12.2. The number of hydrogen-bond acceptors (Lipinski definition) is 3. The number of aryl methyl sites for hydroxylation is 1. The average Bonchev–Trinajstić information content (AvgIpc) is 2.39. The normalized spacial score (nSPS) is 10.8. The number of aliphatic hydroxyl groups excluding tert-OH is 1. The van der Waals surface area contributed by atoms with E-state index in [0.29, 0.717) is 13.1 Å². The van der Waals surface area contributed by atoms with E-state index in [1.165, 1.54) is 0 Å². The molecule has 0 saturated carbocycles. The molecular formula is C15H23IN2O2. The lowest BCUT2D eigenvalue weighted by Gasteiger charge is -2.20. The number of halogens is 1. The highest BCUT2D eigenvalue weighted by atomic mass is 127. The van der Waals surface area contributed by atoms with Crippen LogP contribution in [0.2, 0.25) is 0 Å². The molecule has 4 nitrogen and oxygen atoms in total. The number of amides is 1. The van der Waals surface area contributed by atoms with Gasteiger partial charge in [-0.05, 0) is 66.2 Å². The summed E-state index contributed by atoms with van der Waals surface area (Å²) < 4.78 is 1.16. The predicted molar refractivity (Wildman–Crippen MR) is 91.0 cm³/mol. The van der Waals surface area contributed by atoms with Crippen molar-refractivity contribution >= 4 is 34.2 Å². The van der Waals surface area contributed by atoms with Crippen molar-refractivity contribution in [2.75, 3.05) is 31.6 Å². The van der Waals surface area contributed by atoms with E-state index in [9.17, 15) is 4.79 Å². The maximum absolute atomic E-state index is 12.1. The minimum absolute atomic E-state index is 0.0288. The van der Waals surface area contributed by atoms with Gasteiger partial charge in [-0.15, -0.1) is 0 Å². The Balaban J connectivity index is 2.55. The number of aliphatic hydroxyl groups is 1. The molecule has 0 aliphatic rings. The van der Waals surface area contributed by atoms with Crippen molar-refractivity contribution in [2.45, 2.75) is 26.7 Å². The van der Waals surface area contributed by atoms with Gasteiger partial charge < -0.3 is 10.4 Å². The van der Waals surface area contributed by atoms with Crippen LogP contribution in [-0.4, -0.2) is 42.2 Å². The zero-order chi connectivity index (χ0) is 15.0. The first-order chi connectivity index (χ1) is 9.56. The SMILES string of the molecule is CCCCN(CCO)CC(=O)Nc1ccc(I)cc1C. The minimum Gasteiger partial charge on any atom is -0.395 e. The Morgan fingerprint density at radius 1 is 1.40 bits per heavy atom. The first kappa shape index (κ1) is 17.4. The molecule has 0 spiro atoms. The molecule has 1 rings (SSSR count). The van der Waals surface area contributed by atoms with Crippen LogP contribution in [0.5, 0.6) is 0 Å². The monoisotopic (exact) mass is 390 g/mol. The number of benzene rings is 1. The van der Waals surface area contributed by atoms with Gasteiger partial charge in [0.25, 0.3) is 0 Å². The molecule has 20 heavy (non-hydrogen) atoms. The highest BCUT2D eigenvalue weighted by Crippen LogP contribution is 2.17. The van der Waals surface area contributed by atoms with Gasteiger partial charge in [-0.2, -0.15) is 0 Å². The number of unbranched alkanes of at least 4 members (excludes halogenated alkanes) is 1. The Bertz CT molecular complexity index is 438. The molecule has 0 unspecified atom stereocenters. The van der Waals surface area contributed by atoms with Gasteiger partial charge in [0, 0.05) is 15.8 Å². The second kappa shape index (κ2) is 9.31. The van der Waals surface area contributed by atoms with Crippen LogP contribution in [0, 0.1) is 10.5 Å². The number of nitrogens with one attached hydrogen (secondary N) is 1. The van der Waals surface area contributed by atoms with Gasteiger partial charge in [-0.25, -0.2) is 0 Å². The van der Waals surface area contributed by atoms with E-state index in [4.69, 9.17) is 5.11 Å². The maximum atomic E-state index is 12.1. The maximum Gasteiger partial charge on any atom is 0.238 e. The molecule has 5 heteroatoms. The summed E-state index contributed by atoms with van der Waals surface area (Å²) in [6.45, 7) is 5.90. The van der Waals surface area contributed by atoms with Crippen LogP contribution >= 0.6 is 22.6 Å². The zero-order valence-corrected chi connectivity index (χ0v) is 14.3. The van der Waals surface area contributed by atoms with Crippen molar-refractivity contribution < 1.29 is 9.90 Å². The number of rotatable bonds is 8. The Labute approximate surface area is 134 Å². The lowest BCUT2D eigenvalue weighted by molar-refractivity contribution is -0.117. The molecule has 0 bridgehead atoms. The van der Waals surface area contributed by atoms with Gasteiger partial charge in [-0.1, -0.05) is 13.3 Å². The van der Waals surface area contributed by atoms with Crippen LogP contribution in [0.4, 0.5) is 5.69 Å². The van der Waals surface area contributed by atoms with Crippen molar-refractivity contribution in [2.24, 2.45) is 0 Å². The van der Waals surface area contributed by atoms with E-state index < -0.39 is 0 Å². The number of hydrogen-bond donors (Lipinski definition) is 2. The van der Waals surface area contributed by atoms with E-state index in [0.717, 1.165) is 34.2 Å². The topological polar surface area (TPSA) is 52.6 Å². The van der Waals surface area contributed by atoms with E-state index in [1.54, 1.807) is 0 Å². The van der Waals surface area contributed by atoms with Gasteiger partial charge in [0.15, 0.2) is 0 Å². The molecule has 0 atom stereocenters. The fourth-order valence-electron chi connectivity index (χ4n) is 1.95. The molecule has 2 N–H and O–H groups in total. The summed E-state index contributed by atoms with van der Waals surface area (Å²) in [5, 5.41) is 12.0.